The number of nitrogens with one attached hydrogen (secondary N) is 1. The maximum atomic E-state index is 11.8. The highest BCUT2D eigenvalue weighted by Crippen LogP contribution is 2.24. The van der Waals surface area contributed by atoms with E-state index in [4.69, 9.17) is 5.73 Å². The maximum Gasteiger partial charge on any atom is 0.211 e. The summed E-state index contributed by atoms with van der Waals surface area (Å²) in [4.78, 5) is 0. The molecule has 2 rings (SSSR count). The minimum absolute atomic E-state index is 0.149. The van der Waals surface area contributed by atoms with E-state index in [-0.39, 0.29) is 11.8 Å². The van der Waals surface area contributed by atoms with Gasteiger partial charge in [0.1, 0.15) is 0 Å². The second-order valence-corrected chi connectivity index (χ2v) is 6.93. The lowest BCUT2D eigenvalue weighted by Crippen LogP contribution is -2.43. The van der Waals surface area contributed by atoms with Crippen LogP contribution >= 0.6 is 0 Å². The van der Waals surface area contributed by atoms with Crippen molar-refractivity contribution in [1.82, 2.24) is 4.72 Å². The molecular formula is C13H20N2O2S. The first-order chi connectivity index (χ1) is 8.55. The van der Waals surface area contributed by atoms with Crippen LogP contribution in [-0.4, -0.2) is 26.8 Å². The van der Waals surface area contributed by atoms with E-state index in [0.717, 1.165) is 18.4 Å². The van der Waals surface area contributed by atoms with Crippen LogP contribution in [0, 0.1) is 5.92 Å². The van der Waals surface area contributed by atoms with E-state index in [2.05, 4.69) is 4.72 Å². The summed E-state index contributed by atoms with van der Waals surface area (Å²) in [6.45, 7) is 0.533. The Morgan fingerprint density at radius 1 is 1.22 bits per heavy atom. The third-order valence-electron chi connectivity index (χ3n) is 3.37. The molecule has 0 atom stereocenters. The molecule has 1 aromatic rings. The van der Waals surface area contributed by atoms with Gasteiger partial charge in [0, 0.05) is 12.6 Å². The highest BCUT2D eigenvalue weighted by Gasteiger charge is 2.26. The van der Waals surface area contributed by atoms with E-state index in [9.17, 15) is 8.42 Å². The molecule has 0 amide bonds. The van der Waals surface area contributed by atoms with Crippen LogP contribution in [-0.2, 0) is 16.4 Å². The molecule has 0 heterocycles. The van der Waals surface area contributed by atoms with Crippen LogP contribution in [0.3, 0.4) is 0 Å². The first-order valence-electron chi connectivity index (χ1n) is 6.32. The molecule has 0 saturated heterocycles. The van der Waals surface area contributed by atoms with Crippen molar-refractivity contribution in [3.63, 3.8) is 0 Å². The van der Waals surface area contributed by atoms with Gasteiger partial charge in [0.15, 0.2) is 0 Å². The van der Waals surface area contributed by atoms with Crippen molar-refractivity contribution in [3.05, 3.63) is 35.9 Å². The molecule has 0 spiro atoms. The van der Waals surface area contributed by atoms with Crippen molar-refractivity contribution in [3.8, 4) is 0 Å². The molecule has 1 fully saturated rings. The highest BCUT2D eigenvalue weighted by molar-refractivity contribution is 7.89. The van der Waals surface area contributed by atoms with Crippen LogP contribution in [0.25, 0.3) is 0 Å². The van der Waals surface area contributed by atoms with Gasteiger partial charge in [0.25, 0.3) is 0 Å². The molecule has 0 radical (unpaired) electrons. The fourth-order valence-corrected chi connectivity index (χ4v) is 3.31. The van der Waals surface area contributed by atoms with Gasteiger partial charge in [-0.15, -0.1) is 0 Å². The van der Waals surface area contributed by atoms with Crippen LogP contribution < -0.4 is 10.5 Å². The Morgan fingerprint density at radius 3 is 2.50 bits per heavy atom. The van der Waals surface area contributed by atoms with E-state index >= 15 is 0 Å². The van der Waals surface area contributed by atoms with Crippen molar-refractivity contribution >= 4 is 10.0 Å². The molecule has 1 aromatic carbocycles. The molecule has 0 unspecified atom stereocenters. The van der Waals surface area contributed by atoms with Gasteiger partial charge in [-0.1, -0.05) is 30.3 Å². The van der Waals surface area contributed by atoms with Crippen molar-refractivity contribution in [2.45, 2.75) is 25.3 Å². The molecule has 4 nitrogen and oxygen atoms in total. The number of aryl methyl sites for hydroxylation is 1. The lowest BCUT2D eigenvalue weighted by atomic mass is 9.81. The maximum absolute atomic E-state index is 11.8. The van der Waals surface area contributed by atoms with Gasteiger partial charge in [0.2, 0.25) is 10.0 Å². The number of hydrogen-bond acceptors (Lipinski definition) is 3. The van der Waals surface area contributed by atoms with Crippen molar-refractivity contribution in [2.75, 3.05) is 12.3 Å². The van der Waals surface area contributed by atoms with Gasteiger partial charge in [0.05, 0.1) is 5.75 Å². The van der Waals surface area contributed by atoms with Gasteiger partial charge >= 0.3 is 0 Å². The molecule has 1 aliphatic carbocycles. The summed E-state index contributed by atoms with van der Waals surface area (Å²) >= 11 is 0. The minimum atomic E-state index is -3.16. The van der Waals surface area contributed by atoms with E-state index in [1.165, 1.54) is 0 Å². The van der Waals surface area contributed by atoms with Gasteiger partial charge in [-0.2, -0.15) is 0 Å². The molecule has 0 bridgehead atoms. The third-order valence-corrected chi connectivity index (χ3v) is 4.71. The predicted octanol–water partition coefficient (Wildman–Crippen LogP) is 0.886. The zero-order valence-corrected chi connectivity index (χ0v) is 11.2. The van der Waals surface area contributed by atoms with Gasteiger partial charge in [-0.3, -0.25) is 0 Å². The lowest BCUT2D eigenvalue weighted by molar-refractivity contribution is 0.267. The summed E-state index contributed by atoms with van der Waals surface area (Å²) in [6.07, 6.45) is 2.42. The van der Waals surface area contributed by atoms with Crippen LogP contribution in [0.2, 0.25) is 0 Å². The quantitative estimate of drug-likeness (QED) is 0.804. The first-order valence-corrected chi connectivity index (χ1v) is 7.97. The van der Waals surface area contributed by atoms with Crippen molar-refractivity contribution in [2.24, 2.45) is 11.7 Å². The largest absolute Gasteiger partial charge is 0.328 e. The Morgan fingerprint density at radius 2 is 1.89 bits per heavy atom. The molecule has 18 heavy (non-hydrogen) atoms. The summed E-state index contributed by atoms with van der Waals surface area (Å²) in [5.41, 5.74) is 6.72. The minimum Gasteiger partial charge on any atom is -0.328 e. The first kappa shape index (κ1) is 13.5. The average molecular weight is 268 g/mol. The SMILES string of the molecule is NC1CC(CNS(=O)(=O)CCc2ccccc2)C1. The third kappa shape index (κ3) is 4.08. The van der Waals surface area contributed by atoms with Crippen LogP contribution in [0.4, 0.5) is 0 Å². The summed E-state index contributed by atoms with van der Waals surface area (Å²) in [5, 5.41) is 0. The smallest absolute Gasteiger partial charge is 0.211 e. The lowest BCUT2D eigenvalue weighted by Gasteiger charge is -2.32. The number of benzene rings is 1. The van der Waals surface area contributed by atoms with Gasteiger partial charge in [-0.05, 0) is 30.7 Å². The Kier molecular flexibility index (Phi) is 4.37. The average Bonchev–Trinajstić information content (AvgIpc) is 2.32. The second kappa shape index (κ2) is 5.82. The van der Waals surface area contributed by atoms with Crippen molar-refractivity contribution in [1.29, 1.82) is 0 Å². The Labute approximate surface area is 109 Å². The van der Waals surface area contributed by atoms with Crippen LogP contribution in [0.15, 0.2) is 30.3 Å². The zero-order valence-electron chi connectivity index (χ0n) is 10.4. The monoisotopic (exact) mass is 268 g/mol. The summed E-state index contributed by atoms with van der Waals surface area (Å²) in [6, 6.07) is 9.93. The second-order valence-electron chi connectivity index (χ2n) is 5.00. The molecule has 100 valence electrons. The molecule has 0 aromatic heterocycles. The summed E-state index contributed by atoms with van der Waals surface area (Å²) < 4.78 is 26.2. The van der Waals surface area contributed by atoms with Crippen molar-refractivity contribution < 1.29 is 8.42 Å². The number of sulfonamides is 1. The standard InChI is InChI=1S/C13H20N2O2S/c14-13-8-12(9-13)10-15-18(16,17)7-6-11-4-2-1-3-5-11/h1-5,12-13,15H,6-10,14H2. The number of nitrogens with two attached hydrogens (primary N) is 1. The van der Waals surface area contributed by atoms with Crippen LogP contribution in [0.1, 0.15) is 18.4 Å². The van der Waals surface area contributed by atoms with Gasteiger partial charge in [-0.25, -0.2) is 13.1 Å². The fraction of sp³-hybridized carbons (Fsp3) is 0.538. The molecule has 3 N–H and O–H groups in total. The predicted molar refractivity (Wildman–Crippen MR) is 72.6 cm³/mol. The number of hydrogen-bond donors (Lipinski definition) is 2. The summed E-state index contributed by atoms with van der Waals surface area (Å²) in [7, 11) is -3.16. The van der Waals surface area contributed by atoms with E-state index in [0.29, 0.717) is 18.9 Å². The topological polar surface area (TPSA) is 72.2 Å². The van der Waals surface area contributed by atoms with E-state index in [1.54, 1.807) is 0 Å². The Balaban J connectivity index is 1.74. The molecule has 1 saturated carbocycles. The molecular weight excluding hydrogens is 248 g/mol. The summed E-state index contributed by atoms with van der Waals surface area (Å²) in [5.74, 6) is 0.571. The van der Waals surface area contributed by atoms with Crippen LogP contribution in [0.5, 0.6) is 0 Å². The number of rotatable bonds is 6. The fourth-order valence-electron chi connectivity index (χ4n) is 2.17. The van der Waals surface area contributed by atoms with E-state index < -0.39 is 10.0 Å². The molecule has 0 aliphatic heterocycles. The normalized spacial score (nSPS) is 23.6. The Hall–Kier alpha value is -0.910. The molecule has 5 heteroatoms. The Bertz CT molecular complexity index is 467. The molecule has 1 aliphatic rings. The zero-order chi connectivity index (χ0) is 13.0. The van der Waals surface area contributed by atoms with E-state index in [1.807, 2.05) is 30.3 Å². The highest BCUT2D eigenvalue weighted by atomic mass is 32.2. The van der Waals surface area contributed by atoms with Gasteiger partial charge < -0.3 is 5.73 Å².